The van der Waals surface area contributed by atoms with Crippen molar-refractivity contribution in [2.24, 2.45) is 0 Å². The van der Waals surface area contributed by atoms with Crippen molar-refractivity contribution in [3.05, 3.63) is 136 Å². The van der Waals surface area contributed by atoms with Crippen LogP contribution in [0.25, 0.3) is 21.5 Å². The highest BCUT2D eigenvalue weighted by Crippen LogP contribution is 2.31. The molecular formula is C42H38BBrF2N4O6. The number of fused-ring (bicyclic) bond motifs is 2. The van der Waals surface area contributed by atoms with Crippen LogP contribution in [0, 0.1) is 11.6 Å². The van der Waals surface area contributed by atoms with Crippen LogP contribution in [0.4, 0.5) is 31.5 Å². The van der Waals surface area contributed by atoms with Crippen LogP contribution in [0.1, 0.15) is 20.7 Å². The number of carbonyl (C=O) groups excluding carboxylic acids is 2. The van der Waals surface area contributed by atoms with Gasteiger partial charge in [-0.05, 0) is 70.8 Å². The van der Waals surface area contributed by atoms with Gasteiger partial charge in [0.05, 0.1) is 26.4 Å². The van der Waals surface area contributed by atoms with Crippen molar-refractivity contribution in [2.75, 3.05) is 73.0 Å². The molecule has 2 amide bonds. The fourth-order valence-electron chi connectivity index (χ4n) is 6.84. The van der Waals surface area contributed by atoms with Gasteiger partial charge in [-0.3, -0.25) is 9.59 Å². The Morgan fingerprint density at radius 1 is 0.589 bits per heavy atom. The van der Waals surface area contributed by atoms with Gasteiger partial charge in [-0.25, -0.2) is 8.78 Å². The Labute approximate surface area is 330 Å². The molecule has 0 saturated carbocycles. The lowest BCUT2D eigenvalue weighted by Gasteiger charge is -2.29. The first-order valence-corrected chi connectivity index (χ1v) is 18.9. The van der Waals surface area contributed by atoms with Gasteiger partial charge in [0.2, 0.25) is 0 Å². The van der Waals surface area contributed by atoms with Crippen molar-refractivity contribution in [3.8, 4) is 0 Å². The Balaban J connectivity index is 0.000000172. The third-order valence-electron chi connectivity index (χ3n) is 9.65. The molecule has 0 atom stereocenters. The first-order valence-electron chi connectivity index (χ1n) is 18.1. The minimum absolute atomic E-state index is 0.210. The topological polar surface area (TPSA) is 124 Å². The summed E-state index contributed by atoms with van der Waals surface area (Å²) in [4.78, 5) is 29.6. The van der Waals surface area contributed by atoms with E-state index < -0.39 is 24.7 Å². The predicted molar refractivity (Wildman–Crippen MR) is 220 cm³/mol. The van der Waals surface area contributed by atoms with E-state index in [1.165, 1.54) is 24.3 Å². The van der Waals surface area contributed by atoms with Gasteiger partial charge < -0.3 is 40.0 Å². The van der Waals surface area contributed by atoms with Crippen LogP contribution in [0.3, 0.4) is 0 Å². The lowest BCUT2D eigenvalue weighted by atomic mass is 9.77. The molecule has 0 unspecified atom stereocenters. The van der Waals surface area contributed by atoms with Crippen LogP contribution in [0.5, 0.6) is 0 Å². The first-order chi connectivity index (χ1) is 27.1. The molecular weight excluding hydrogens is 785 g/mol. The molecule has 6 aromatic carbocycles. The molecule has 6 aromatic rings. The van der Waals surface area contributed by atoms with Crippen LogP contribution in [0.15, 0.2) is 114 Å². The van der Waals surface area contributed by atoms with Crippen molar-refractivity contribution in [3.63, 3.8) is 0 Å². The predicted octanol–water partition coefficient (Wildman–Crippen LogP) is 6.58. The number of anilines is 4. The molecule has 286 valence electrons. The summed E-state index contributed by atoms with van der Waals surface area (Å²) in [5.74, 6) is -1.69. The van der Waals surface area contributed by atoms with E-state index in [0.29, 0.717) is 97.2 Å². The molecule has 14 heteroatoms. The van der Waals surface area contributed by atoms with E-state index in [0.717, 1.165) is 15.2 Å². The number of rotatable bonds is 7. The second-order valence-electron chi connectivity index (χ2n) is 13.3. The molecule has 0 radical (unpaired) electrons. The number of hydrogen-bond donors (Lipinski definition) is 4. The summed E-state index contributed by atoms with van der Waals surface area (Å²) in [6.07, 6.45) is 0. The number of hydrogen-bond acceptors (Lipinski definition) is 8. The zero-order valence-electron chi connectivity index (χ0n) is 30.2. The van der Waals surface area contributed by atoms with Gasteiger partial charge >= 0.3 is 7.12 Å². The molecule has 0 aliphatic carbocycles. The summed E-state index contributed by atoms with van der Waals surface area (Å²) in [5, 5.41) is 28.1. The summed E-state index contributed by atoms with van der Waals surface area (Å²) in [6.45, 7) is 4.97. The Bertz CT molecular complexity index is 2390. The van der Waals surface area contributed by atoms with E-state index in [1.54, 1.807) is 48.5 Å². The number of nitrogens with one attached hydrogen (secondary N) is 2. The average molecular weight is 823 g/mol. The molecule has 8 rings (SSSR count). The third kappa shape index (κ3) is 9.01. The molecule has 0 spiro atoms. The van der Waals surface area contributed by atoms with E-state index in [9.17, 15) is 28.4 Å². The fraction of sp³-hybridized carbons (Fsp3) is 0.190. The van der Waals surface area contributed by atoms with Crippen LogP contribution in [0.2, 0.25) is 0 Å². The average Bonchev–Trinajstić information content (AvgIpc) is 3.22. The molecule has 2 saturated heterocycles. The number of morpholine rings is 2. The minimum Gasteiger partial charge on any atom is -0.423 e. The highest BCUT2D eigenvalue weighted by Gasteiger charge is 2.20. The van der Waals surface area contributed by atoms with Gasteiger partial charge in [0, 0.05) is 75.3 Å². The largest absolute Gasteiger partial charge is 0.489 e. The van der Waals surface area contributed by atoms with Gasteiger partial charge in [0.1, 0.15) is 11.6 Å². The van der Waals surface area contributed by atoms with Crippen LogP contribution < -0.4 is 25.9 Å². The molecule has 2 aliphatic heterocycles. The van der Waals surface area contributed by atoms with Gasteiger partial charge in [-0.1, -0.05) is 70.5 Å². The molecule has 2 heterocycles. The molecule has 2 aliphatic rings. The van der Waals surface area contributed by atoms with Crippen molar-refractivity contribution in [1.29, 1.82) is 0 Å². The maximum absolute atomic E-state index is 14.2. The van der Waals surface area contributed by atoms with Gasteiger partial charge in [-0.2, -0.15) is 0 Å². The highest BCUT2D eigenvalue weighted by molar-refractivity contribution is 9.10. The van der Waals surface area contributed by atoms with Crippen LogP contribution >= 0.6 is 15.9 Å². The number of amides is 2. The van der Waals surface area contributed by atoms with E-state index in [2.05, 4.69) is 26.6 Å². The number of halogens is 3. The van der Waals surface area contributed by atoms with Crippen LogP contribution in [-0.2, 0) is 9.47 Å². The summed E-state index contributed by atoms with van der Waals surface area (Å²) in [5.41, 5.74) is 3.39. The maximum atomic E-state index is 14.2. The standard InChI is InChI=1S/C21H20BFN2O4.C21H18BrFN2O2/c23-15-11-14(12-16(13-15)25-7-9-29-10-8-25)21(26)24-20-6-5-19(22(27)28)17-3-1-2-4-18(17)20;22-19-5-6-20(18-4-2-1-3-17(18)19)24-21(26)14-11-15(23)13-16(12-14)25-7-9-27-10-8-25/h1-6,11-13,27-28H,7-10H2,(H,24,26);1-6,11-13H,7-10H2,(H,24,26). The summed E-state index contributed by atoms with van der Waals surface area (Å²) in [7, 11) is -1.62. The van der Waals surface area contributed by atoms with Crippen LogP contribution in [-0.4, -0.2) is 81.6 Å². The lowest BCUT2D eigenvalue weighted by Crippen LogP contribution is -2.36. The smallest absolute Gasteiger partial charge is 0.423 e. The molecule has 56 heavy (non-hydrogen) atoms. The lowest BCUT2D eigenvalue weighted by molar-refractivity contribution is 0.101. The molecule has 0 bridgehead atoms. The zero-order valence-corrected chi connectivity index (χ0v) is 31.8. The quantitative estimate of drug-likeness (QED) is 0.133. The SMILES string of the molecule is O=C(Nc1ccc(B(O)O)c2ccccc12)c1cc(F)cc(N2CCOCC2)c1.O=C(Nc1ccc(Br)c2ccccc12)c1cc(F)cc(N2CCOCC2)c1. The van der Waals surface area contributed by atoms with Crippen molar-refractivity contribution < 1.29 is 37.9 Å². The molecule has 0 aromatic heterocycles. The molecule has 4 N–H and O–H groups in total. The summed E-state index contributed by atoms with van der Waals surface area (Å²) < 4.78 is 39.9. The normalized spacial score (nSPS) is 14.2. The Hall–Kier alpha value is -5.38. The number of benzene rings is 6. The van der Waals surface area contributed by atoms with Gasteiger partial charge in [-0.15, -0.1) is 0 Å². The Morgan fingerprint density at radius 3 is 1.50 bits per heavy atom. The monoisotopic (exact) mass is 822 g/mol. The number of ether oxygens (including phenoxy) is 2. The minimum atomic E-state index is -1.62. The second-order valence-corrected chi connectivity index (χ2v) is 14.1. The maximum Gasteiger partial charge on any atom is 0.489 e. The Morgan fingerprint density at radius 2 is 1.02 bits per heavy atom. The van der Waals surface area contributed by atoms with Crippen molar-refractivity contribution in [2.45, 2.75) is 0 Å². The third-order valence-corrected chi connectivity index (χ3v) is 10.3. The van der Waals surface area contributed by atoms with Crippen molar-refractivity contribution in [1.82, 2.24) is 0 Å². The first kappa shape index (κ1) is 38.9. The molecule has 10 nitrogen and oxygen atoms in total. The second kappa shape index (κ2) is 17.6. The highest BCUT2D eigenvalue weighted by atomic mass is 79.9. The van der Waals surface area contributed by atoms with E-state index in [1.807, 2.05) is 46.2 Å². The van der Waals surface area contributed by atoms with E-state index >= 15 is 0 Å². The zero-order chi connectivity index (χ0) is 39.2. The van der Waals surface area contributed by atoms with E-state index in [-0.39, 0.29) is 11.5 Å². The number of carbonyl (C=O) groups is 2. The molecule has 2 fully saturated rings. The number of nitrogens with zero attached hydrogens (tertiary/aromatic N) is 2. The van der Waals surface area contributed by atoms with Gasteiger partial charge in [0.15, 0.2) is 0 Å². The summed E-state index contributed by atoms with van der Waals surface area (Å²) >= 11 is 3.53. The van der Waals surface area contributed by atoms with Gasteiger partial charge in [0.25, 0.3) is 11.8 Å². The Kier molecular flexibility index (Phi) is 12.2. The van der Waals surface area contributed by atoms with Crippen molar-refractivity contribution >= 4 is 84.6 Å². The summed E-state index contributed by atoms with van der Waals surface area (Å²) in [6, 6.07) is 30.5. The fourth-order valence-corrected chi connectivity index (χ4v) is 7.31. The van der Waals surface area contributed by atoms with E-state index in [4.69, 9.17) is 9.47 Å².